The number of alkyl halides is 3. The van der Waals surface area contributed by atoms with Crippen LogP contribution in [-0.2, 0) is 6.18 Å². The van der Waals surface area contributed by atoms with E-state index in [1.54, 1.807) is 6.07 Å². The molecule has 1 aromatic rings. The number of hydrogen-bond acceptors (Lipinski definition) is 2. The zero-order chi connectivity index (χ0) is 15.5. The molecule has 0 spiro atoms. The van der Waals surface area contributed by atoms with Crippen LogP contribution in [0.1, 0.15) is 43.7 Å². The van der Waals surface area contributed by atoms with E-state index in [1.807, 2.05) is 0 Å². The minimum atomic E-state index is -4.48. The molecule has 114 valence electrons. The fraction of sp³-hybridized carbons (Fsp3) is 0.562. The number of hydrogen-bond donors (Lipinski definition) is 1. The van der Waals surface area contributed by atoms with Gasteiger partial charge in [-0.15, -0.1) is 0 Å². The van der Waals surface area contributed by atoms with Gasteiger partial charge < -0.3 is 5.32 Å². The number of benzene rings is 1. The maximum atomic E-state index is 12.7. The molecular formula is C16H19F3N2. The average molecular weight is 296 g/mol. The molecule has 5 heteroatoms. The monoisotopic (exact) mass is 296 g/mol. The van der Waals surface area contributed by atoms with E-state index in [0.29, 0.717) is 17.5 Å². The van der Waals surface area contributed by atoms with Gasteiger partial charge >= 0.3 is 6.18 Å². The minimum absolute atomic E-state index is 0.329. The SMILES string of the molecule is CC1CCCC(CNc2ccc(C(F)(F)F)c(C#N)c2)C1. The Bertz CT molecular complexity index is 531. The van der Waals surface area contributed by atoms with Crippen molar-refractivity contribution in [1.82, 2.24) is 0 Å². The molecule has 2 rings (SSSR count). The molecule has 0 heterocycles. The summed E-state index contributed by atoms with van der Waals surface area (Å²) in [6, 6.07) is 5.29. The Balaban J connectivity index is 2.03. The third-order valence-electron chi connectivity index (χ3n) is 4.09. The number of nitrogens with zero attached hydrogens (tertiary/aromatic N) is 1. The Morgan fingerprint density at radius 2 is 2.10 bits per heavy atom. The lowest BCUT2D eigenvalue weighted by Gasteiger charge is -2.27. The Morgan fingerprint density at radius 1 is 1.33 bits per heavy atom. The highest BCUT2D eigenvalue weighted by Crippen LogP contribution is 2.33. The molecule has 2 nitrogen and oxygen atoms in total. The molecule has 0 bridgehead atoms. The Labute approximate surface area is 123 Å². The quantitative estimate of drug-likeness (QED) is 0.868. The van der Waals surface area contributed by atoms with Gasteiger partial charge in [0.25, 0.3) is 0 Å². The number of nitrogens with one attached hydrogen (secondary N) is 1. The summed E-state index contributed by atoms with van der Waals surface area (Å²) in [6.45, 7) is 2.98. The summed E-state index contributed by atoms with van der Waals surface area (Å²) in [6.07, 6.45) is 0.295. The predicted molar refractivity (Wildman–Crippen MR) is 75.8 cm³/mol. The molecule has 1 N–H and O–H groups in total. The summed E-state index contributed by atoms with van der Waals surface area (Å²) in [5.41, 5.74) is -0.621. The summed E-state index contributed by atoms with van der Waals surface area (Å²) in [4.78, 5) is 0. The predicted octanol–water partition coefficient (Wildman–Crippen LogP) is 4.82. The highest BCUT2D eigenvalue weighted by molar-refractivity contribution is 5.53. The molecule has 1 aromatic carbocycles. The van der Waals surface area contributed by atoms with Gasteiger partial charge in [-0.05, 0) is 42.9 Å². The highest BCUT2D eigenvalue weighted by atomic mass is 19.4. The van der Waals surface area contributed by atoms with E-state index in [2.05, 4.69) is 12.2 Å². The molecule has 21 heavy (non-hydrogen) atoms. The third-order valence-corrected chi connectivity index (χ3v) is 4.09. The van der Waals surface area contributed by atoms with E-state index >= 15 is 0 Å². The van der Waals surface area contributed by atoms with Crippen molar-refractivity contribution >= 4 is 5.69 Å². The second-order valence-electron chi connectivity index (χ2n) is 5.89. The normalized spacial score (nSPS) is 22.6. The first kappa shape index (κ1) is 15.7. The second kappa shape index (κ2) is 6.38. The molecule has 2 atom stereocenters. The first-order valence-electron chi connectivity index (χ1n) is 7.25. The summed E-state index contributed by atoms with van der Waals surface area (Å²) < 4.78 is 38.1. The third kappa shape index (κ3) is 4.13. The number of anilines is 1. The Morgan fingerprint density at radius 3 is 2.71 bits per heavy atom. The van der Waals surface area contributed by atoms with Crippen LogP contribution in [0.25, 0.3) is 0 Å². The Hall–Kier alpha value is -1.70. The van der Waals surface area contributed by atoms with Crippen LogP contribution in [0, 0.1) is 23.2 Å². The van der Waals surface area contributed by atoms with Gasteiger partial charge in [0, 0.05) is 12.2 Å². The van der Waals surface area contributed by atoms with Crippen molar-refractivity contribution in [2.45, 2.75) is 38.8 Å². The fourth-order valence-electron chi connectivity index (χ4n) is 3.00. The average Bonchev–Trinajstić information content (AvgIpc) is 2.44. The minimum Gasteiger partial charge on any atom is -0.385 e. The van der Waals surface area contributed by atoms with Gasteiger partial charge in [-0.25, -0.2) is 0 Å². The lowest BCUT2D eigenvalue weighted by molar-refractivity contribution is -0.137. The van der Waals surface area contributed by atoms with Gasteiger partial charge in [-0.1, -0.05) is 19.8 Å². The van der Waals surface area contributed by atoms with E-state index in [0.717, 1.165) is 25.5 Å². The van der Waals surface area contributed by atoms with E-state index in [1.165, 1.54) is 25.0 Å². The summed E-state index contributed by atoms with van der Waals surface area (Å²) in [5, 5.41) is 12.0. The van der Waals surface area contributed by atoms with Crippen molar-refractivity contribution < 1.29 is 13.2 Å². The van der Waals surface area contributed by atoms with Crippen molar-refractivity contribution in [3.63, 3.8) is 0 Å². The molecule has 0 amide bonds. The molecular weight excluding hydrogens is 277 g/mol. The molecule has 2 unspecified atom stereocenters. The lowest BCUT2D eigenvalue weighted by atomic mass is 9.82. The van der Waals surface area contributed by atoms with Crippen LogP contribution in [-0.4, -0.2) is 6.54 Å². The van der Waals surface area contributed by atoms with Crippen LogP contribution in [0.5, 0.6) is 0 Å². The fourth-order valence-corrected chi connectivity index (χ4v) is 3.00. The Kier molecular flexibility index (Phi) is 4.76. The van der Waals surface area contributed by atoms with Crippen molar-refractivity contribution in [3.8, 4) is 6.07 Å². The molecule has 0 aromatic heterocycles. The van der Waals surface area contributed by atoms with Crippen molar-refractivity contribution in [1.29, 1.82) is 5.26 Å². The summed E-state index contributed by atoms with van der Waals surface area (Å²) >= 11 is 0. The smallest absolute Gasteiger partial charge is 0.385 e. The largest absolute Gasteiger partial charge is 0.417 e. The van der Waals surface area contributed by atoms with Crippen molar-refractivity contribution in [3.05, 3.63) is 29.3 Å². The van der Waals surface area contributed by atoms with Crippen LogP contribution in [0.2, 0.25) is 0 Å². The lowest BCUT2D eigenvalue weighted by Crippen LogP contribution is -2.21. The highest BCUT2D eigenvalue weighted by Gasteiger charge is 2.33. The number of rotatable bonds is 3. The van der Waals surface area contributed by atoms with Gasteiger partial charge in [0.05, 0.1) is 17.2 Å². The zero-order valence-corrected chi connectivity index (χ0v) is 12.0. The first-order valence-corrected chi connectivity index (χ1v) is 7.25. The van der Waals surface area contributed by atoms with Gasteiger partial charge in [0.2, 0.25) is 0 Å². The zero-order valence-electron chi connectivity index (χ0n) is 12.0. The van der Waals surface area contributed by atoms with Gasteiger partial charge in [0.1, 0.15) is 0 Å². The summed E-state index contributed by atoms with van der Waals surface area (Å²) in [5.74, 6) is 1.27. The summed E-state index contributed by atoms with van der Waals surface area (Å²) in [7, 11) is 0. The second-order valence-corrected chi connectivity index (χ2v) is 5.89. The maximum Gasteiger partial charge on any atom is 0.417 e. The first-order chi connectivity index (χ1) is 9.90. The van der Waals surface area contributed by atoms with Gasteiger partial charge in [-0.3, -0.25) is 0 Å². The molecule has 1 saturated carbocycles. The molecule has 1 aliphatic rings. The molecule has 0 radical (unpaired) electrons. The molecule has 1 aliphatic carbocycles. The van der Waals surface area contributed by atoms with Gasteiger partial charge in [0.15, 0.2) is 0 Å². The van der Waals surface area contributed by atoms with E-state index in [-0.39, 0.29) is 5.56 Å². The number of halogens is 3. The van der Waals surface area contributed by atoms with Gasteiger partial charge in [-0.2, -0.15) is 18.4 Å². The molecule has 0 aliphatic heterocycles. The molecule has 1 fully saturated rings. The van der Waals surface area contributed by atoms with E-state index in [9.17, 15) is 13.2 Å². The standard InChI is InChI=1S/C16H19F3N2/c1-11-3-2-4-12(7-11)10-21-14-5-6-15(16(17,18)19)13(8-14)9-20/h5-6,8,11-12,21H,2-4,7,10H2,1H3. The van der Waals surface area contributed by atoms with E-state index < -0.39 is 11.7 Å². The van der Waals surface area contributed by atoms with Crippen LogP contribution < -0.4 is 5.32 Å². The number of nitriles is 1. The van der Waals surface area contributed by atoms with Crippen molar-refractivity contribution in [2.24, 2.45) is 11.8 Å². The maximum absolute atomic E-state index is 12.7. The van der Waals surface area contributed by atoms with Crippen molar-refractivity contribution in [2.75, 3.05) is 11.9 Å². The van der Waals surface area contributed by atoms with Crippen LogP contribution in [0.3, 0.4) is 0 Å². The van der Waals surface area contributed by atoms with Crippen LogP contribution in [0.4, 0.5) is 18.9 Å². The van der Waals surface area contributed by atoms with E-state index in [4.69, 9.17) is 5.26 Å². The van der Waals surface area contributed by atoms with Crippen LogP contribution in [0.15, 0.2) is 18.2 Å². The van der Waals surface area contributed by atoms with Crippen LogP contribution >= 0.6 is 0 Å². The topological polar surface area (TPSA) is 35.8 Å². The molecule has 0 saturated heterocycles.